The summed E-state index contributed by atoms with van der Waals surface area (Å²) in [5.41, 5.74) is 0.463. The maximum absolute atomic E-state index is 13.4. The van der Waals surface area contributed by atoms with Gasteiger partial charge in [-0.2, -0.15) is 0 Å². The highest BCUT2D eigenvalue weighted by Crippen LogP contribution is 2.18. The Morgan fingerprint density at radius 1 is 1.22 bits per heavy atom. The van der Waals surface area contributed by atoms with Gasteiger partial charge in [0.1, 0.15) is 11.6 Å². The monoisotopic (exact) mass is 275 g/mol. The molecule has 0 radical (unpaired) electrons. The lowest BCUT2D eigenvalue weighted by molar-refractivity contribution is 0.444. The molecule has 0 bridgehead atoms. The van der Waals surface area contributed by atoms with Gasteiger partial charge in [0.25, 0.3) is 0 Å². The fourth-order valence-electron chi connectivity index (χ4n) is 1.98. The lowest BCUT2D eigenvalue weighted by Gasteiger charge is -2.19. The van der Waals surface area contributed by atoms with Gasteiger partial charge in [0.15, 0.2) is 0 Å². The molecular formula is C14H20ClF2N. The van der Waals surface area contributed by atoms with Crippen molar-refractivity contribution in [3.8, 4) is 0 Å². The van der Waals surface area contributed by atoms with Crippen LogP contribution in [-0.4, -0.2) is 11.9 Å². The third-order valence-corrected chi connectivity index (χ3v) is 3.74. The van der Waals surface area contributed by atoms with E-state index >= 15 is 0 Å². The lowest BCUT2D eigenvalue weighted by atomic mass is 9.99. The van der Waals surface area contributed by atoms with Crippen LogP contribution in [0, 0.1) is 17.6 Å². The molecule has 1 N–H and O–H groups in total. The number of benzene rings is 1. The number of rotatable bonds is 7. The summed E-state index contributed by atoms with van der Waals surface area (Å²) in [6, 6.07) is 3.62. The Labute approximate surface area is 113 Å². The number of nitrogens with one attached hydrogen (secondary N) is 1. The van der Waals surface area contributed by atoms with Crippen LogP contribution in [0.4, 0.5) is 8.78 Å². The number of hydrogen-bond acceptors (Lipinski definition) is 1. The molecule has 1 unspecified atom stereocenters. The van der Waals surface area contributed by atoms with E-state index < -0.39 is 11.6 Å². The third-order valence-electron chi connectivity index (χ3n) is 3.23. The number of halogens is 3. The van der Waals surface area contributed by atoms with Crippen molar-refractivity contribution in [1.29, 1.82) is 0 Å². The van der Waals surface area contributed by atoms with Gasteiger partial charge in [-0.15, -0.1) is 11.6 Å². The van der Waals surface area contributed by atoms with Gasteiger partial charge in [-0.25, -0.2) is 8.78 Å². The van der Waals surface area contributed by atoms with E-state index in [-0.39, 0.29) is 5.38 Å². The highest BCUT2D eigenvalue weighted by molar-refractivity contribution is 6.21. The fourth-order valence-corrected chi connectivity index (χ4v) is 2.44. The van der Waals surface area contributed by atoms with E-state index in [0.717, 1.165) is 18.9 Å². The quantitative estimate of drug-likeness (QED) is 0.739. The highest BCUT2D eigenvalue weighted by Gasteiger charge is 2.15. The van der Waals surface area contributed by atoms with Crippen LogP contribution < -0.4 is 5.32 Å². The molecular weight excluding hydrogens is 256 g/mol. The minimum Gasteiger partial charge on any atom is -0.311 e. The zero-order valence-electron chi connectivity index (χ0n) is 10.8. The molecule has 1 aromatic carbocycles. The Balaban J connectivity index is 2.41. The van der Waals surface area contributed by atoms with E-state index in [1.165, 1.54) is 12.1 Å². The Morgan fingerprint density at radius 3 is 2.44 bits per heavy atom. The molecule has 0 heterocycles. The van der Waals surface area contributed by atoms with Gasteiger partial charge in [0, 0.05) is 30.1 Å². The summed E-state index contributed by atoms with van der Waals surface area (Å²) in [4.78, 5) is 0. The van der Waals surface area contributed by atoms with E-state index in [1.54, 1.807) is 0 Å². The Morgan fingerprint density at radius 2 is 1.89 bits per heavy atom. The molecule has 1 aromatic rings. The van der Waals surface area contributed by atoms with Crippen LogP contribution >= 0.6 is 11.6 Å². The number of alkyl halides is 1. The predicted molar refractivity (Wildman–Crippen MR) is 71.8 cm³/mol. The first kappa shape index (κ1) is 15.4. The van der Waals surface area contributed by atoms with Gasteiger partial charge in [-0.3, -0.25) is 0 Å². The second-order valence-electron chi connectivity index (χ2n) is 4.46. The SMILES string of the molecule is CCC(CC)C(Cl)CNCc1ccc(F)cc1F. The van der Waals surface area contributed by atoms with Crippen LogP contribution in [0.5, 0.6) is 0 Å². The van der Waals surface area contributed by atoms with Gasteiger partial charge in [0.05, 0.1) is 0 Å². The Hall–Kier alpha value is -0.670. The van der Waals surface area contributed by atoms with Crippen molar-refractivity contribution in [2.45, 2.75) is 38.6 Å². The number of hydrogen-bond donors (Lipinski definition) is 1. The summed E-state index contributed by atoms with van der Waals surface area (Å²) in [6.45, 7) is 5.23. The van der Waals surface area contributed by atoms with E-state index in [2.05, 4.69) is 19.2 Å². The molecule has 1 nitrogen and oxygen atoms in total. The van der Waals surface area contributed by atoms with Crippen LogP contribution in [0.25, 0.3) is 0 Å². The van der Waals surface area contributed by atoms with E-state index in [9.17, 15) is 8.78 Å². The van der Waals surface area contributed by atoms with Gasteiger partial charge in [-0.05, 0) is 12.0 Å². The average Bonchev–Trinajstić information content (AvgIpc) is 2.33. The summed E-state index contributed by atoms with van der Waals surface area (Å²) < 4.78 is 26.1. The van der Waals surface area contributed by atoms with Crippen molar-refractivity contribution in [3.05, 3.63) is 35.4 Å². The molecule has 0 saturated carbocycles. The van der Waals surface area contributed by atoms with Crippen LogP contribution in [0.3, 0.4) is 0 Å². The van der Waals surface area contributed by atoms with E-state index in [1.807, 2.05) is 0 Å². The maximum Gasteiger partial charge on any atom is 0.130 e. The average molecular weight is 276 g/mol. The Kier molecular flexibility index (Phi) is 6.58. The Bertz CT molecular complexity index is 367. The van der Waals surface area contributed by atoms with Crippen LogP contribution in [0.1, 0.15) is 32.3 Å². The first-order chi connectivity index (χ1) is 8.58. The van der Waals surface area contributed by atoms with Crippen molar-refractivity contribution in [2.75, 3.05) is 6.54 Å². The zero-order valence-corrected chi connectivity index (χ0v) is 11.6. The molecule has 0 spiro atoms. The molecule has 0 aliphatic carbocycles. The van der Waals surface area contributed by atoms with Gasteiger partial charge in [0.2, 0.25) is 0 Å². The molecule has 1 rings (SSSR count). The maximum atomic E-state index is 13.4. The summed E-state index contributed by atoms with van der Waals surface area (Å²) in [6.07, 6.45) is 2.08. The molecule has 0 aromatic heterocycles. The molecule has 0 fully saturated rings. The van der Waals surface area contributed by atoms with Crippen LogP contribution in [0.15, 0.2) is 18.2 Å². The summed E-state index contributed by atoms with van der Waals surface area (Å²) in [5, 5.41) is 3.16. The molecule has 102 valence electrons. The predicted octanol–water partition coefficient (Wildman–Crippen LogP) is 4.10. The first-order valence-electron chi connectivity index (χ1n) is 6.37. The summed E-state index contributed by atoms with van der Waals surface area (Å²) >= 11 is 6.26. The second kappa shape index (κ2) is 7.70. The van der Waals surface area contributed by atoms with Gasteiger partial charge >= 0.3 is 0 Å². The largest absolute Gasteiger partial charge is 0.311 e. The summed E-state index contributed by atoms with van der Waals surface area (Å²) in [5.74, 6) is -0.600. The molecule has 0 aliphatic rings. The fraction of sp³-hybridized carbons (Fsp3) is 0.571. The van der Waals surface area contributed by atoms with Gasteiger partial charge < -0.3 is 5.32 Å². The molecule has 18 heavy (non-hydrogen) atoms. The first-order valence-corrected chi connectivity index (χ1v) is 6.80. The smallest absolute Gasteiger partial charge is 0.130 e. The van der Waals surface area contributed by atoms with E-state index in [4.69, 9.17) is 11.6 Å². The molecule has 1 atom stereocenters. The third kappa shape index (κ3) is 4.54. The normalized spacial score (nSPS) is 13.0. The van der Waals surface area contributed by atoms with Crippen LogP contribution in [0.2, 0.25) is 0 Å². The minimum absolute atomic E-state index is 0.0449. The summed E-state index contributed by atoms with van der Waals surface area (Å²) in [7, 11) is 0. The molecule has 0 aliphatic heterocycles. The van der Waals surface area contributed by atoms with Gasteiger partial charge in [-0.1, -0.05) is 32.8 Å². The lowest BCUT2D eigenvalue weighted by Crippen LogP contribution is -2.28. The molecule has 0 saturated heterocycles. The standard InChI is InChI=1S/C14H20ClF2N/c1-3-10(4-2)13(15)9-18-8-11-5-6-12(16)7-14(11)17/h5-7,10,13,18H,3-4,8-9H2,1-2H3. The van der Waals surface area contributed by atoms with E-state index in [0.29, 0.717) is 24.6 Å². The highest BCUT2D eigenvalue weighted by atomic mass is 35.5. The second-order valence-corrected chi connectivity index (χ2v) is 5.02. The van der Waals surface area contributed by atoms with Crippen molar-refractivity contribution in [2.24, 2.45) is 5.92 Å². The van der Waals surface area contributed by atoms with Crippen molar-refractivity contribution in [1.82, 2.24) is 5.32 Å². The topological polar surface area (TPSA) is 12.0 Å². The zero-order chi connectivity index (χ0) is 13.5. The van der Waals surface area contributed by atoms with Crippen molar-refractivity contribution < 1.29 is 8.78 Å². The van der Waals surface area contributed by atoms with Crippen molar-refractivity contribution in [3.63, 3.8) is 0 Å². The molecule has 4 heteroatoms. The minimum atomic E-state index is -0.552. The van der Waals surface area contributed by atoms with Crippen LogP contribution in [-0.2, 0) is 6.54 Å². The van der Waals surface area contributed by atoms with Crippen molar-refractivity contribution >= 4 is 11.6 Å². The molecule has 0 amide bonds.